The predicted octanol–water partition coefficient (Wildman–Crippen LogP) is 3.38. The van der Waals surface area contributed by atoms with Gasteiger partial charge in [-0.05, 0) is 49.3 Å². The molecule has 2 heterocycles. The molecule has 0 bridgehead atoms. The maximum Gasteiger partial charge on any atom is 0.197 e. The summed E-state index contributed by atoms with van der Waals surface area (Å²) >= 11 is 5.77. The number of benzene rings is 2. The van der Waals surface area contributed by atoms with E-state index in [2.05, 4.69) is 9.47 Å². The minimum Gasteiger partial charge on any atom is -0.349 e. The zero-order valence-electron chi connectivity index (χ0n) is 12.2. The Labute approximate surface area is 133 Å². The summed E-state index contributed by atoms with van der Waals surface area (Å²) in [6.45, 7) is 1.99. The fourth-order valence-corrected chi connectivity index (χ4v) is 3.63. The van der Waals surface area contributed by atoms with E-state index in [4.69, 9.17) is 12.2 Å². The van der Waals surface area contributed by atoms with Crippen molar-refractivity contribution in [2.75, 3.05) is 13.1 Å². The third-order valence-electron chi connectivity index (χ3n) is 4.35. The van der Waals surface area contributed by atoms with Gasteiger partial charge in [0.25, 0.3) is 0 Å². The zero-order chi connectivity index (χ0) is 15.1. The van der Waals surface area contributed by atoms with Crippen molar-refractivity contribution >= 4 is 39.1 Å². The second-order valence-corrected chi connectivity index (χ2v) is 6.04. The average molecular weight is 308 g/mol. The van der Waals surface area contributed by atoms with Crippen LogP contribution in [-0.2, 0) is 0 Å². The van der Waals surface area contributed by atoms with Crippen LogP contribution in [0.2, 0.25) is 0 Å². The van der Waals surface area contributed by atoms with Crippen molar-refractivity contribution in [1.29, 1.82) is 0 Å². The minimum atomic E-state index is 0.0756. The largest absolute Gasteiger partial charge is 0.349 e. The van der Waals surface area contributed by atoms with E-state index in [-0.39, 0.29) is 5.43 Å². The van der Waals surface area contributed by atoms with Crippen molar-refractivity contribution in [3.8, 4) is 0 Å². The Morgan fingerprint density at radius 1 is 0.864 bits per heavy atom. The second-order valence-electron chi connectivity index (χ2n) is 5.68. The summed E-state index contributed by atoms with van der Waals surface area (Å²) in [7, 11) is 0. The number of hydrogen-bond donors (Lipinski definition) is 0. The molecule has 1 aliphatic heterocycles. The van der Waals surface area contributed by atoms with Gasteiger partial charge in [-0.1, -0.05) is 24.3 Å². The Kier molecular flexibility index (Phi) is 3.19. The van der Waals surface area contributed by atoms with E-state index >= 15 is 0 Å². The molecule has 1 saturated heterocycles. The number of pyridine rings is 1. The fraction of sp³-hybridized carbons (Fsp3) is 0.222. The second kappa shape index (κ2) is 5.21. The third kappa shape index (κ3) is 1.95. The van der Waals surface area contributed by atoms with E-state index in [0.717, 1.165) is 40.0 Å². The molecule has 0 atom stereocenters. The van der Waals surface area contributed by atoms with Crippen LogP contribution in [-0.4, -0.2) is 27.7 Å². The lowest BCUT2D eigenvalue weighted by Crippen LogP contribution is -2.33. The molecule has 3 aromatic rings. The average Bonchev–Trinajstić information content (AvgIpc) is 3.10. The van der Waals surface area contributed by atoms with Crippen molar-refractivity contribution in [3.63, 3.8) is 0 Å². The van der Waals surface area contributed by atoms with Crippen molar-refractivity contribution in [2.45, 2.75) is 12.8 Å². The highest BCUT2D eigenvalue weighted by atomic mass is 32.1. The Morgan fingerprint density at radius 2 is 1.36 bits per heavy atom. The quantitative estimate of drug-likeness (QED) is 0.470. The van der Waals surface area contributed by atoms with Crippen molar-refractivity contribution < 1.29 is 0 Å². The van der Waals surface area contributed by atoms with Crippen molar-refractivity contribution in [2.24, 2.45) is 0 Å². The van der Waals surface area contributed by atoms with Crippen molar-refractivity contribution in [3.05, 3.63) is 58.8 Å². The van der Waals surface area contributed by atoms with Gasteiger partial charge >= 0.3 is 0 Å². The lowest BCUT2D eigenvalue weighted by Gasteiger charge is -2.23. The monoisotopic (exact) mass is 308 g/mol. The van der Waals surface area contributed by atoms with Crippen LogP contribution in [0.25, 0.3) is 21.8 Å². The summed E-state index contributed by atoms with van der Waals surface area (Å²) in [4.78, 5) is 14.9. The predicted molar refractivity (Wildman–Crippen MR) is 94.5 cm³/mol. The van der Waals surface area contributed by atoms with E-state index in [1.165, 1.54) is 12.8 Å². The SMILES string of the molecule is O=c1c2ccccc2n(C(=S)N2CCCC2)c2ccccc12. The first-order chi connectivity index (χ1) is 10.8. The highest BCUT2D eigenvalue weighted by Gasteiger charge is 2.19. The number of hydrogen-bond acceptors (Lipinski definition) is 2. The molecule has 0 spiro atoms. The molecule has 4 heteroatoms. The highest BCUT2D eigenvalue weighted by molar-refractivity contribution is 7.80. The summed E-state index contributed by atoms with van der Waals surface area (Å²) in [6, 6.07) is 15.4. The number of nitrogens with zero attached hydrogens (tertiary/aromatic N) is 2. The molecule has 0 radical (unpaired) electrons. The molecule has 22 heavy (non-hydrogen) atoms. The molecule has 4 rings (SSSR count). The standard InChI is InChI=1S/C18H16N2OS/c21-17-13-7-1-3-9-15(13)20(16-10-4-2-8-14(16)17)18(22)19-11-5-6-12-19/h1-4,7-10H,5-6,11-12H2. The lowest BCUT2D eigenvalue weighted by atomic mass is 10.1. The normalized spacial score (nSPS) is 14.8. The Hall–Kier alpha value is -2.20. The van der Waals surface area contributed by atoms with Gasteiger partial charge in [-0.3, -0.25) is 9.36 Å². The summed E-state index contributed by atoms with van der Waals surface area (Å²) < 4.78 is 2.06. The molecular weight excluding hydrogens is 292 g/mol. The summed E-state index contributed by atoms with van der Waals surface area (Å²) in [5.74, 6) is 0. The number of fused-ring (bicyclic) bond motifs is 2. The van der Waals surface area contributed by atoms with Gasteiger partial charge in [-0.25, -0.2) is 0 Å². The number of rotatable bonds is 0. The maximum absolute atomic E-state index is 12.7. The van der Waals surface area contributed by atoms with Crippen LogP contribution < -0.4 is 5.43 Å². The van der Waals surface area contributed by atoms with Gasteiger partial charge in [0.1, 0.15) is 0 Å². The van der Waals surface area contributed by atoms with Crippen LogP contribution >= 0.6 is 12.2 Å². The maximum atomic E-state index is 12.7. The fourth-order valence-electron chi connectivity index (χ4n) is 3.25. The number of para-hydroxylation sites is 2. The molecule has 1 aliphatic rings. The van der Waals surface area contributed by atoms with Gasteiger partial charge in [0, 0.05) is 23.9 Å². The van der Waals surface area contributed by atoms with Crippen LogP contribution in [0, 0.1) is 0 Å². The highest BCUT2D eigenvalue weighted by Crippen LogP contribution is 2.21. The van der Waals surface area contributed by atoms with Crippen LogP contribution in [0.4, 0.5) is 0 Å². The van der Waals surface area contributed by atoms with E-state index < -0.39 is 0 Å². The van der Waals surface area contributed by atoms with Gasteiger partial charge in [0.2, 0.25) is 0 Å². The third-order valence-corrected chi connectivity index (χ3v) is 4.79. The smallest absolute Gasteiger partial charge is 0.197 e. The summed E-state index contributed by atoms with van der Waals surface area (Å²) in [5.41, 5.74) is 1.86. The molecule has 2 aromatic carbocycles. The zero-order valence-corrected chi connectivity index (χ0v) is 13.0. The summed E-state index contributed by atoms with van der Waals surface area (Å²) in [5, 5.41) is 2.25. The van der Waals surface area contributed by atoms with Gasteiger partial charge in [-0.2, -0.15) is 0 Å². The van der Waals surface area contributed by atoms with Crippen molar-refractivity contribution in [1.82, 2.24) is 9.47 Å². The summed E-state index contributed by atoms with van der Waals surface area (Å²) in [6.07, 6.45) is 2.35. The van der Waals surface area contributed by atoms with Crippen LogP contribution in [0.1, 0.15) is 12.8 Å². The van der Waals surface area contributed by atoms with E-state index in [0.29, 0.717) is 0 Å². The van der Waals surface area contributed by atoms with Crippen LogP contribution in [0.5, 0.6) is 0 Å². The molecule has 0 amide bonds. The molecule has 0 unspecified atom stereocenters. The molecular formula is C18H16N2OS. The lowest BCUT2D eigenvalue weighted by molar-refractivity contribution is 0.515. The van der Waals surface area contributed by atoms with Gasteiger partial charge in [-0.15, -0.1) is 0 Å². The first-order valence-electron chi connectivity index (χ1n) is 7.59. The molecule has 110 valence electrons. The number of aromatic nitrogens is 1. The van der Waals surface area contributed by atoms with Crippen LogP contribution in [0.15, 0.2) is 53.3 Å². The molecule has 1 aromatic heterocycles. The van der Waals surface area contributed by atoms with Crippen LogP contribution in [0.3, 0.4) is 0 Å². The van der Waals surface area contributed by atoms with Gasteiger partial charge in [0.15, 0.2) is 10.5 Å². The topological polar surface area (TPSA) is 25.2 Å². The van der Waals surface area contributed by atoms with E-state index in [1.54, 1.807) is 0 Å². The molecule has 0 saturated carbocycles. The van der Waals surface area contributed by atoms with Gasteiger partial charge < -0.3 is 4.90 Å². The Bertz CT molecular complexity index is 879. The number of likely N-dealkylation sites (tertiary alicyclic amines) is 1. The number of thiocarbonyl (C=S) groups is 1. The first kappa shape index (κ1) is 13.5. The molecule has 0 aliphatic carbocycles. The Morgan fingerprint density at radius 3 is 1.91 bits per heavy atom. The molecule has 3 nitrogen and oxygen atoms in total. The molecule has 0 N–H and O–H groups in total. The first-order valence-corrected chi connectivity index (χ1v) is 8.00. The Balaban J connectivity index is 2.11. The van der Waals surface area contributed by atoms with Gasteiger partial charge in [0.05, 0.1) is 11.0 Å². The molecule has 1 fully saturated rings. The van der Waals surface area contributed by atoms with E-state index in [1.807, 2.05) is 48.5 Å². The minimum absolute atomic E-state index is 0.0756. The van der Waals surface area contributed by atoms with E-state index in [9.17, 15) is 4.79 Å².